The summed E-state index contributed by atoms with van der Waals surface area (Å²) in [7, 11) is 0. The van der Waals surface area contributed by atoms with Crippen LogP contribution in [0.1, 0.15) is 22.6 Å². The van der Waals surface area contributed by atoms with Gasteiger partial charge in [0.15, 0.2) is 0 Å². The Kier molecular flexibility index (Phi) is 1.79. The molecule has 2 heterocycles. The van der Waals surface area contributed by atoms with Gasteiger partial charge in [0.2, 0.25) is 5.28 Å². The minimum absolute atomic E-state index is 0.370. The van der Waals surface area contributed by atoms with E-state index in [0.29, 0.717) is 5.28 Å². The van der Waals surface area contributed by atoms with Crippen LogP contribution in [0.5, 0.6) is 0 Å². The minimum atomic E-state index is 0.370. The van der Waals surface area contributed by atoms with Crippen LogP contribution in [0.2, 0.25) is 5.28 Å². The van der Waals surface area contributed by atoms with Crippen molar-refractivity contribution in [3.63, 3.8) is 0 Å². The molecule has 0 fully saturated rings. The second-order valence-corrected chi connectivity index (χ2v) is 5.04. The summed E-state index contributed by atoms with van der Waals surface area (Å²) in [4.78, 5) is 11.0. The van der Waals surface area contributed by atoms with Crippen molar-refractivity contribution in [1.82, 2.24) is 9.97 Å². The first-order valence-electron chi connectivity index (χ1n) is 4.70. The Morgan fingerprint density at radius 2 is 2.14 bits per heavy atom. The van der Waals surface area contributed by atoms with E-state index >= 15 is 0 Å². The van der Waals surface area contributed by atoms with Crippen LogP contribution < -0.4 is 0 Å². The maximum Gasteiger partial charge on any atom is 0.223 e. The number of aryl methyl sites for hydroxylation is 3. The second-order valence-electron chi connectivity index (χ2n) is 3.62. The molecule has 0 N–H and O–H groups in total. The van der Waals surface area contributed by atoms with Gasteiger partial charge in [-0.2, -0.15) is 0 Å². The molecule has 0 aliphatic heterocycles. The van der Waals surface area contributed by atoms with Gasteiger partial charge in [-0.15, -0.1) is 11.3 Å². The van der Waals surface area contributed by atoms with Crippen LogP contribution >= 0.6 is 22.9 Å². The Hall–Kier alpha value is -0.670. The van der Waals surface area contributed by atoms with Crippen molar-refractivity contribution in [3.8, 4) is 0 Å². The summed E-state index contributed by atoms with van der Waals surface area (Å²) in [5.41, 5.74) is 2.50. The predicted molar refractivity (Wildman–Crippen MR) is 59.2 cm³/mol. The van der Waals surface area contributed by atoms with E-state index in [1.165, 1.54) is 35.1 Å². The predicted octanol–water partition coefficient (Wildman–Crippen LogP) is 3.14. The van der Waals surface area contributed by atoms with Crippen LogP contribution in [-0.2, 0) is 12.8 Å². The van der Waals surface area contributed by atoms with E-state index in [1.807, 2.05) is 6.92 Å². The van der Waals surface area contributed by atoms with Crippen LogP contribution in [-0.4, -0.2) is 9.97 Å². The minimum Gasteiger partial charge on any atom is -0.223 e. The molecule has 0 aromatic carbocycles. The molecular formula is C10H9ClN2S. The summed E-state index contributed by atoms with van der Waals surface area (Å²) in [6, 6.07) is 0. The summed E-state index contributed by atoms with van der Waals surface area (Å²) < 4.78 is 0. The lowest BCUT2D eigenvalue weighted by Gasteiger charge is -1.98. The third kappa shape index (κ3) is 1.09. The van der Waals surface area contributed by atoms with Crippen LogP contribution in [0.25, 0.3) is 10.2 Å². The molecule has 0 spiro atoms. The fourth-order valence-electron chi connectivity index (χ4n) is 2.14. The van der Waals surface area contributed by atoms with Crippen molar-refractivity contribution in [3.05, 3.63) is 21.4 Å². The molecular weight excluding hydrogens is 216 g/mol. The molecule has 3 rings (SSSR count). The number of halogens is 1. The number of thiophene rings is 1. The number of rotatable bonds is 0. The van der Waals surface area contributed by atoms with E-state index in [9.17, 15) is 0 Å². The zero-order valence-electron chi connectivity index (χ0n) is 7.80. The Morgan fingerprint density at radius 3 is 3.00 bits per heavy atom. The Balaban J connectivity index is 2.43. The van der Waals surface area contributed by atoms with Gasteiger partial charge in [-0.1, -0.05) is 0 Å². The highest BCUT2D eigenvalue weighted by Crippen LogP contribution is 2.37. The van der Waals surface area contributed by atoms with E-state index in [1.54, 1.807) is 11.3 Å². The van der Waals surface area contributed by atoms with Gasteiger partial charge in [0, 0.05) is 10.3 Å². The first-order valence-corrected chi connectivity index (χ1v) is 5.89. The molecule has 2 aromatic heterocycles. The molecule has 2 nitrogen and oxygen atoms in total. The molecule has 0 bridgehead atoms. The van der Waals surface area contributed by atoms with Gasteiger partial charge in [0.1, 0.15) is 4.83 Å². The molecule has 1 aliphatic carbocycles. The highest BCUT2D eigenvalue weighted by atomic mass is 35.5. The van der Waals surface area contributed by atoms with Gasteiger partial charge in [0.05, 0.1) is 5.69 Å². The molecule has 0 atom stereocenters. The van der Waals surface area contributed by atoms with E-state index in [2.05, 4.69) is 9.97 Å². The van der Waals surface area contributed by atoms with Crippen molar-refractivity contribution in [2.75, 3.05) is 0 Å². The Bertz CT molecular complexity index is 518. The second kappa shape index (κ2) is 2.91. The van der Waals surface area contributed by atoms with Gasteiger partial charge in [-0.05, 0) is 43.4 Å². The average Bonchev–Trinajstić information content (AvgIpc) is 2.60. The zero-order valence-corrected chi connectivity index (χ0v) is 9.37. The Labute approximate surface area is 90.9 Å². The summed E-state index contributed by atoms with van der Waals surface area (Å²) >= 11 is 7.61. The van der Waals surface area contributed by atoms with E-state index in [0.717, 1.165) is 10.5 Å². The van der Waals surface area contributed by atoms with Crippen LogP contribution in [0.3, 0.4) is 0 Å². The third-order valence-electron chi connectivity index (χ3n) is 2.72. The molecule has 72 valence electrons. The van der Waals surface area contributed by atoms with Gasteiger partial charge in [-0.3, -0.25) is 0 Å². The van der Waals surface area contributed by atoms with Gasteiger partial charge < -0.3 is 0 Å². The molecule has 0 radical (unpaired) electrons. The van der Waals surface area contributed by atoms with Crippen molar-refractivity contribution in [1.29, 1.82) is 0 Å². The van der Waals surface area contributed by atoms with E-state index < -0.39 is 0 Å². The molecule has 1 aliphatic rings. The third-order valence-corrected chi connectivity index (χ3v) is 4.07. The van der Waals surface area contributed by atoms with Crippen LogP contribution in [0, 0.1) is 6.92 Å². The average molecular weight is 225 g/mol. The van der Waals surface area contributed by atoms with Crippen molar-refractivity contribution < 1.29 is 0 Å². The lowest BCUT2D eigenvalue weighted by Crippen LogP contribution is -1.88. The molecule has 14 heavy (non-hydrogen) atoms. The van der Waals surface area contributed by atoms with Gasteiger partial charge >= 0.3 is 0 Å². The molecule has 0 saturated carbocycles. The first-order chi connectivity index (χ1) is 6.75. The topological polar surface area (TPSA) is 25.8 Å². The zero-order chi connectivity index (χ0) is 9.71. The van der Waals surface area contributed by atoms with Gasteiger partial charge in [0.25, 0.3) is 0 Å². The highest BCUT2D eigenvalue weighted by Gasteiger charge is 2.20. The molecule has 0 saturated heterocycles. The molecule has 0 unspecified atom stereocenters. The largest absolute Gasteiger partial charge is 0.223 e. The van der Waals surface area contributed by atoms with Gasteiger partial charge in [-0.25, -0.2) is 9.97 Å². The van der Waals surface area contributed by atoms with Crippen LogP contribution in [0.4, 0.5) is 0 Å². The summed E-state index contributed by atoms with van der Waals surface area (Å²) in [6.07, 6.45) is 3.66. The fourth-order valence-corrected chi connectivity index (χ4v) is 3.72. The molecule has 0 amide bonds. The maximum atomic E-state index is 5.83. The fraction of sp³-hybridized carbons (Fsp3) is 0.400. The number of aromatic nitrogens is 2. The lowest BCUT2D eigenvalue weighted by atomic mass is 10.1. The summed E-state index contributed by atoms with van der Waals surface area (Å²) in [5, 5.41) is 1.63. The lowest BCUT2D eigenvalue weighted by molar-refractivity contribution is 0.916. The highest BCUT2D eigenvalue weighted by molar-refractivity contribution is 7.18. The van der Waals surface area contributed by atoms with Crippen LogP contribution in [0.15, 0.2) is 0 Å². The van der Waals surface area contributed by atoms with Crippen molar-refractivity contribution in [2.45, 2.75) is 26.2 Å². The van der Waals surface area contributed by atoms with Crippen molar-refractivity contribution in [2.24, 2.45) is 0 Å². The maximum absolute atomic E-state index is 5.83. The number of hydrogen-bond donors (Lipinski definition) is 0. The number of nitrogens with zero attached hydrogens (tertiary/aromatic N) is 2. The van der Waals surface area contributed by atoms with E-state index in [-0.39, 0.29) is 0 Å². The first kappa shape index (κ1) is 8.62. The number of fused-ring (bicyclic) bond motifs is 3. The number of hydrogen-bond acceptors (Lipinski definition) is 3. The summed E-state index contributed by atoms with van der Waals surface area (Å²) in [6.45, 7) is 2.02. The normalized spacial score (nSPS) is 15.0. The smallest absolute Gasteiger partial charge is 0.223 e. The molecule has 4 heteroatoms. The standard InChI is InChI=1S/C10H9ClN2S/c1-5-8-6-3-2-4-7(6)14-9(8)13-10(11)12-5/h2-4H2,1H3. The van der Waals surface area contributed by atoms with E-state index in [4.69, 9.17) is 11.6 Å². The quantitative estimate of drug-likeness (QED) is 0.643. The Morgan fingerprint density at radius 1 is 1.29 bits per heavy atom. The monoisotopic (exact) mass is 224 g/mol. The SMILES string of the molecule is Cc1nc(Cl)nc2sc3c(c12)CCC3. The molecule has 2 aromatic rings. The van der Waals surface area contributed by atoms with Crippen molar-refractivity contribution >= 4 is 33.2 Å². The summed E-state index contributed by atoms with van der Waals surface area (Å²) in [5.74, 6) is 0.